The molecule has 2 heterocycles. The van der Waals surface area contributed by atoms with Crippen molar-refractivity contribution < 1.29 is 14.0 Å². The van der Waals surface area contributed by atoms with Gasteiger partial charge in [0.25, 0.3) is 0 Å². The van der Waals surface area contributed by atoms with Crippen molar-refractivity contribution >= 4 is 17.4 Å². The van der Waals surface area contributed by atoms with Crippen LogP contribution in [0.5, 0.6) is 0 Å². The lowest BCUT2D eigenvalue weighted by molar-refractivity contribution is -0.118. The Balaban J connectivity index is 1.71. The normalized spacial score (nSPS) is 10.7. The lowest BCUT2D eigenvalue weighted by Gasteiger charge is -2.18. The van der Waals surface area contributed by atoms with Crippen LogP contribution in [0.4, 0.5) is 10.1 Å². The minimum Gasteiger partial charge on any atom is -0.316 e. The maximum Gasteiger partial charge on any atom is 0.226 e. The molecule has 0 aliphatic carbocycles. The quantitative estimate of drug-likeness (QED) is 0.419. The topological polar surface area (TPSA) is 63.2 Å². The molecule has 3 rings (SSSR count). The number of carbonyl (C=O) groups excluding carboxylic acids is 2. The zero-order chi connectivity index (χ0) is 21.7. The van der Waals surface area contributed by atoms with Crippen molar-refractivity contribution in [3.8, 4) is 11.1 Å². The fourth-order valence-electron chi connectivity index (χ4n) is 3.26. The average molecular weight is 405 g/mol. The van der Waals surface area contributed by atoms with Gasteiger partial charge >= 0.3 is 0 Å². The molecular formula is C24H24FN3O2. The first-order chi connectivity index (χ1) is 14.4. The number of anilines is 1. The van der Waals surface area contributed by atoms with Crippen LogP contribution >= 0.6 is 0 Å². The van der Waals surface area contributed by atoms with Gasteiger partial charge in [0.1, 0.15) is 5.69 Å². The van der Waals surface area contributed by atoms with Gasteiger partial charge in [-0.15, -0.1) is 0 Å². The van der Waals surface area contributed by atoms with E-state index in [1.807, 2.05) is 38.1 Å². The number of pyridine rings is 2. The van der Waals surface area contributed by atoms with Crippen molar-refractivity contribution in [2.45, 2.75) is 33.1 Å². The molecule has 0 saturated heterocycles. The first-order valence-electron chi connectivity index (χ1n) is 9.87. The second-order valence-electron chi connectivity index (χ2n) is 7.11. The molecule has 0 unspecified atom stereocenters. The Morgan fingerprint density at radius 2 is 1.90 bits per heavy atom. The summed E-state index contributed by atoms with van der Waals surface area (Å²) in [6, 6.07) is 12.6. The minimum atomic E-state index is -0.543. The number of hydrogen-bond acceptors (Lipinski definition) is 4. The minimum absolute atomic E-state index is 0.0536. The van der Waals surface area contributed by atoms with E-state index >= 15 is 0 Å². The Kier molecular flexibility index (Phi) is 6.67. The zero-order valence-electron chi connectivity index (χ0n) is 17.4. The Bertz CT molecular complexity index is 1060. The van der Waals surface area contributed by atoms with Crippen molar-refractivity contribution in [2.75, 3.05) is 11.9 Å². The van der Waals surface area contributed by atoms with Crippen LogP contribution in [-0.2, 0) is 11.2 Å². The number of ketones is 1. The van der Waals surface area contributed by atoms with Gasteiger partial charge in [-0.25, -0.2) is 4.98 Å². The summed E-state index contributed by atoms with van der Waals surface area (Å²) in [5.74, 6) is -0.631. The third-order valence-electron chi connectivity index (χ3n) is 5.09. The molecule has 154 valence electrons. The molecule has 0 aliphatic heterocycles. The fourth-order valence-corrected chi connectivity index (χ4v) is 3.26. The molecule has 2 aromatic heterocycles. The van der Waals surface area contributed by atoms with E-state index in [9.17, 15) is 14.0 Å². The monoisotopic (exact) mass is 405 g/mol. The van der Waals surface area contributed by atoms with Crippen LogP contribution in [0.1, 0.15) is 41.4 Å². The number of aryl methyl sites for hydroxylation is 2. The SMILES string of the molecule is CCC(=O)N(C)c1ccc(-c2ccc(C(=O)CCc3cccnc3F)nc2)c(C)c1. The van der Waals surface area contributed by atoms with Crippen LogP contribution in [0.25, 0.3) is 11.1 Å². The molecule has 1 amide bonds. The molecule has 5 nitrogen and oxygen atoms in total. The van der Waals surface area contributed by atoms with E-state index < -0.39 is 5.95 Å². The lowest BCUT2D eigenvalue weighted by atomic mass is 10.00. The van der Waals surface area contributed by atoms with Crippen molar-refractivity contribution in [3.05, 3.63) is 77.6 Å². The van der Waals surface area contributed by atoms with Gasteiger partial charge in [-0.2, -0.15) is 4.39 Å². The molecule has 0 atom stereocenters. The van der Waals surface area contributed by atoms with E-state index in [4.69, 9.17) is 0 Å². The predicted molar refractivity (Wildman–Crippen MR) is 115 cm³/mol. The van der Waals surface area contributed by atoms with E-state index in [-0.39, 0.29) is 24.5 Å². The predicted octanol–water partition coefficient (Wildman–Crippen LogP) is 4.78. The third kappa shape index (κ3) is 4.76. The molecule has 0 fully saturated rings. The lowest BCUT2D eigenvalue weighted by Crippen LogP contribution is -2.25. The standard InChI is InChI=1S/C24H24FN3O2/c1-4-23(30)28(3)19-9-10-20(16(2)14-19)18-7-11-21(27-15-18)22(29)12-8-17-6-5-13-26-24(17)25/h5-7,9-11,13-15H,4,8,12H2,1-3H3. The van der Waals surface area contributed by atoms with Gasteiger partial charge in [0.05, 0.1) is 0 Å². The summed E-state index contributed by atoms with van der Waals surface area (Å²) in [7, 11) is 1.76. The van der Waals surface area contributed by atoms with Crippen molar-refractivity contribution in [3.63, 3.8) is 0 Å². The molecular weight excluding hydrogens is 381 g/mol. The highest BCUT2D eigenvalue weighted by Crippen LogP contribution is 2.27. The summed E-state index contributed by atoms with van der Waals surface area (Å²) in [5.41, 5.74) is 4.50. The highest BCUT2D eigenvalue weighted by molar-refractivity contribution is 5.95. The summed E-state index contributed by atoms with van der Waals surface area (Å²) < 4.78 is 13.6. The molecule has 0 aliphatic rings. The summed E-state index contributed by atoms with van der Waals surface area (Å²) >= 11 is 0. The molecule has 0 radical (unpaired) electrons. The zero-order valence-corrected chi connectivity index (χ0v) is 17.4. The number of rotatable bonds is 7. The Labute approximate surface area is 175 Å². The van der Waals surface area contributed by atoms with Gasteiger partial charge in [-0.05, 0) is 48.7 Å². The average Bonchev–Trinajstić information content (AvgIpc) is 2.77. The maximum atomic E-state index is 13.6. The Morgan fingerprint density at radius 3 is 2.53 bits per heavy atom. The van der Waals surface area contributed by atoms with Crippen molar-refractivity contribution in [1.82, 2.24) is 9.97 Å². The molecule has 0 N–H and O–H groups in total. The Hall–Kier alpha value is -3.41. The highest BCUT2D eigenvalue weighted by Gasteiger charge is 2.13. The van der Waals surface area contributed by atoms with Crippen LogP contribution in [0, 0.1) is 12.9 Å². The maximum absolute atomic E-state index is 13.6. The molecule has 0 bridgehead atoms. The van der Waals surface area contributed by atoms with Crippen LogP contribution in [0.2, 0.25) is 0 Å². The largest absolute Gasteiger partial charge is 0.316 e. The van der Waals surface area contributed by atoms with Crippen LogP contribution < -0.4 is 4.90 Å². The van der Waals surface area contributed by atoms with Crippen LogP contribution in [-0.4, -0.2) is 28.7 Å². The van der Waals surface area contributed by atoms with Gasteiger partial charge in [0.2, 0.25) is 11.9 Å². The highest BCUT2D eigenvalue weighted by atomic mass is 19.1. The van der Waals surface area contributed by atoms with E-state index in [0.717, 1.165) is 22.4 Å². The Morgan fingerprint density at radius 1 is 1.10 bits per heavy atom. The number of hydrogen-bond donors (Lipinski definition) is 0. The van der Waals surface area contributed by atoms with Crippen molar-refractivity contribution in [2.24, 2.45) is 0 Å². The van der Waals surface area contributed by atoms with E-state index in [0.29, 0.717) is 17.7 Å². The number of amides is 1. The third-order valence-corrected chi connectivity index (χ3v) is 5.09. The summed E-state index contributed by atoms with van der Waals surface area (Å²) in [6.45, 7) is 3.81. The summed E-state index contributed by atoms with van der Waals surface area (Å²) in [4.78, 5) is 33.9. The molecule has 30 heavy (non-hydrogen) atoms. The van der Waals surface area contributed by atoms with E-state index in [2.05, 4.69) is 9.97 Å². The summed E-state index contributed by atoms with van der Waals surface area (Å²) in [6.07, 6.45) is 3.95. The second-order valence-corrected chi connectivity index (χ2v) is 7.11. The van der Waals surface area contributed by atoms with E-state index in [1.54, 1.807) is 36.3 Å². The number of benzene rings is 1. The molecule has 0 saturated carbocycles. The molecule has 6 heteroatoms. The molecule has 3 aromatic rings. The number of aromatic nitrogens is 2. The number of nitrogens with zero attached hydrogens (tertiary/aromatic N) is 3. The smallest absolute Gasteiger partial charge is 0.226 e. The van der Waals surface area contributed by atoms with Gasteiger partial charge < -0.3 is 4.90 Å². The van der Waals surface area contributed by atoms with Crippen LogP contribution in [0.15, 0.2) is 54.9 Å². The first kappa shape index (κ1) is 21.3. The second kappa shape index (κ2) is 9.39. The van der Waals surface area contributed by atoms with Crippen molar-refractivity contribution in [1.29, 1.82) is 0 Å². The van der Waals surface area contributed by atoms with Gasteiger partial charge in [0.15, 0.2) is 5.78 Å². The number of halogens is 1. The van der Waals surface area contributed by atoms with Gasteiger partial charge in [-0.3, -0.25) is 14.6 Å². The fraction of sp³-hybridized carbons (Fsp3) is 0.250. The van der Waals surface area contributed by atoms with Gasteiger partial charge in [0, 0.05) is 49.1 Å². The van der Waals surface area contributed by atoms with Gasteiger partial charge in [-0.1, -0.05) is 25.1 Å². The summed E-state index contributed by atoms with van der Waals surface area (Å²) in [5, 5.41) is 0. The molecule has 1 aromatic carbocycles. The van der Waals surface area contributed by atoms with Crippen LogP contribution in [0.3, 0.4) is 0 Å². The number of Topliss-reactive ketones (excluding diaryl/α,β-unsaturated/α-hetero) is 1. The molecule has 0 spiro atoms. The van der Waals surface area contributed by atoms with E-state index in [1.165, 1.54) is 6.20 Å². The number of carbonyl (C=O) groups is 2. The first-order valence-corrected chi connectivity index (χ1v) is 9.87.